The molecule has 0 amide bonds. The van der Waals surface area contributed by atoms with Gasteiger partial charge in [0.1, 0.15) is 0 Å². The molecule has 0 aromatic heterocycles. The van der Waals surface area contributed by atoms with E-state index in [9.17, 15) is 8.42 Å². The zero-order chi connectivity index (χ0) is 20.3. The molecule has 9 heteroatoms. The summed E-state index contributed by atoms with van der Waals surface area (Å²) in [6.07, 6.45) is 0. The molecular formula is C20H23ClN2O5S. The van der Waals surface area contributed by atoms with Crippen molar-refractivity contribution in [1.29, 1.82) is 0 Å². The first kappa shape index (κ1) is 22.6. The number of hydrogen-bond acceptors (Lipinski definition) is 6. The van der Waals surface area contributed by atoms with Crippen molar-refractivity contribution in [2.75, 3.05) is 27.1 Å². The van der Waals surface area contributed by atoms with Crippen molar-refractivity contribution in [3.05, 3.63) is 54.1 Å². The summed E-state index contributed by atoms with van der Waals surface area (Å²) in [5.41, 5.74) is 7.16. The summed E-state index contributed by atoms with van der Waals surface area (Å²) in [7, 11) is 0.745. The normalized spacial score (nSPS) is 11.0. The highest BCUT2D eigenvalue weighted by Crippen LogP contribution is 2.38. The second kappa shape index (κ2) is 9.21. The monoisotopic (exact) mass is 438 g/mol. The molecule has 3 rings (SSSR count). The highest BCUT2D eigenvalue weighted by Gasteiger charge is 2.19. The molecule has 3 N–H and O–H groups in total. The van der Waals surface area contributed by atoms with Gasteiger partial charge in [-0.2, -0.15) is 0 Å². The molecule has 29 heavy (non-hydrogen) atoms. The van der Waals surface area contributed by atoms with Crippen molar-refractivity contribution in [3.8, 4) is 17.2 Å². The summed E-state index contributed by atoms with van der Waals surface area (Å²) in [5.74, 6) is 1.35. The number of nitrogens with two attached hydrogens (primary N) is 1. The number of benzene rings is 3. The van der Waals surface area contributed by atoms with E-state index in [0.717, 1.165) is 0 Å². The Morgan fingerprint density at radius 1 is 0.897 bits per heavy atom. The third kappa shape index (κ3) is 4.50. The molecule has 0 spiro atoms. The summed E-state index contributed by atoms with van der Waals surface area (Å²) in [6.45, 7) is 0.0533. The summed E-state index contributed by atoms with van der Waals surface area (Å²) in [4.78, 5) is 0.171. The quantitative estimate of drug-likeness (QED) is 0.549. The van der Waals surface area contributed by atoms with Gasteiger partial charge in [0, 0.05) is 23.0 Å². The lowest BCUT2D eigenvalue weighted by Crippen LogP contribution is -2.23. The van der Waals surface area contributed by atoms with Crippen LogP contribution in [-0.4, -0.2) is 29.7 Å². The van der Waals surface area contributed by atoms with Gasteiger partial charge in [-0.3, -0.25) is 0 Å². The average Bonchev–Trinajstić information content (AvgIpc) is 2.71. The van der Waals surface area contributed by atoms with Crippen LogP contribution in [0.15, 0.2) is 53.4 Å². The molecule has 0 saturated heterocycles. The molecular weight excluding hydrogens is 416 g/mol. The topological polar surface area (TPSA) is 99.9 Å². The molecule has 0 saturated carbocycles. The zero-order valence-corrected chi connectivity index (χ0v) is 17.9. The van der Waals surface area contributed by atoms with Crippen LogP contribution in [0.3, 0.4) is 0 Å². The van der Waals surface area contributed by atoms with Crippen LogP contribution in [-0.2, 0) is 16.6 Å². The fourth-order valence-corrected chi connectivity index (χ4v) is 4.27. The Balaban J connectivity index is 0.00000300. The zero-order valence-electron chi connectivity index (χ0n) is 16.3. The number of nitrogens with one attached hydrogen (secondary N) is 1. The second-order valence-corrected chi connectivity index (χ2v) is 7.79. The maximum absolute atomic E-state index is 12.9. The van der Waals surface area contributed by atoms with Crippen LogP contribution in [0, 0.1) is 0 Å². The minimum Gasteiger partial charge on any atom is -0.493 e. The van der Waals surface area contributed by atoms with Gasteiger partial charge in [-0.1, -0.05) is 24.3 Å². The van der Waals surface area contributed by atoms with Crippen LogP contribution in [0.5, 0.6) is 17.2 Å². The lowest BCUT2D eigenvalue weighted by molar-refractivity contribution is 0.323. The summed E-state index contributed by atoms with van der Waals surface area (Å²) in [6, 6.07) is 13.6. The van der Waals surface area contributed by atoms with Gasteiger partial charge in [0.15, 0.2) is 11.5 Å². The lowest BCUT2D eigenvalue weighted by atomic mass is 10.1. The standard InChI is InChI=1S/C20H22N2O5S.ClH/c1-25-17-10-13(11-18(26-2)20(17)27-3)12-22-28(23,24)19-9-5-6-14-15(19)7-4-8-16(14)21;/h4-11,22H,12,21H2,1-3H3;1H. The molecule has 7 nitrogen and oxygen atoms in total. The molecule has 0 heterocycles. The summed E-state index contributed by atoms with van der Waals surface area (Å²) >= 11 is 0. The number of rotatable bonds is 7. The van der Waals surface area contributed by atoms with Crippen LogP contribution < -0.4 is 24.7 Å². The largest absolute Gasteiger partial charge is 0.493 e. The van der Waals surface area contributed by atoms with Crippen LogP contribution in [0.4, 0.5) is 5.69 Å². The van der Waals surface area contributed by atoms with Crippen molar-refractivity contribution in [2.24, 2.45) is 0 Å². The maximum Gasteiger partial charge on any atom is 0.241 e. The third-order valence-corrected chi connectivity index (χ3v) is 5.86. The Kier molecular flexibility index (Phi) is 7.18. The Morgan fingerprint density at radius 2 is 1.48 bits per heavy atom. The van der Waals surface area contributed by atoms with E-state index < -0.39 is 10.0 Å². The minimum absolute atomic E-state index is 0. The highest BCUT2D eigenvalue weighted by atomic mass is 35.5. The van der Waals surface area contributed by atoms with Crippen LogP contribution in [0.1, 0.15) is 5.56 Å². The van der Waals surface area contributed by atoms with Gasteiger partial charge in [-0.05, 0) is 29.8 Å². The number of halogens is 1. The van der Waals surface area contributed by atoms with Gasteiger partial charge in [-0.25, -0.2) is 13.1 Å². The molecule has 156 valence electrons. The Bertz CT molecular complexity index is 1090. The number of anilines is 1. The number of methoxy groups -OCH3 is 3. The van der Waals surface area contributed by atoms with Crippen LogP contribution in [0.2, 0.25) is 0 Å². The van der Waals surface area contributed by atoms with E-state index >= 15 is 0 Å². The smallest absolute Gasteiger partial charge is 0.241 e. The molecule has 0 aliphatic carbocycles. The lowest BCUT2D eigenvalue weighted by Gasteiger charge is -2.15. The van der Waals surface area contributed by atoms with Gasteiger partial charge < -0.3 is 19.9 Å². The Labute approximate surface area is 176 Å². The molecule has 3 aromatic rings. The van der Waals surface area contributed by atoms with E-state index in [1.165, 1.54) is 21.3 Å². The SMILES string of the molecule is COc1cc(CNS(=O)(=O)c2cccc3c(N)cccc23)cc(OC)c1OC.Cl. The van der Waals surface area contributed by atoms with Crippen molar-refractivity contribution in [2.45, 2.75) is 11.4 Å². The molecule has 3 aromatic carbocycles. The first-order chi connectivity index (χ1) is 13.4. The third-order valence-electron chi connectivity index (χ3n) is 4.40. The van der Waals surface area contributed by atoms with Gasteiger partial charge in [0.2, 0.25) is 15.8 Å². The first-order valence-electron chi connectivity index (χ1n) is 8.47. The predicted octanol–water partition coefficient (Wildman–Crippen LogP) is 3.35. The van der Waals surface area contributed by atoms with E-state index in [1.807, 2.05) is 0 Å². The van der Waals surface area contributed by atoms with Gasteiger partial charge in [0.25, 0.3) is 0 Å². The van der Waals surface area contributed by atoms with Gasteiger partial charge >= 0.3 is 0 Å². The molecule has 0 atom stereocenters. The number of fused-ring (bicyclic) bond motifs is 1. The van der Waals surface area contributed by atoms with E-state index in [4.69, 9.17) is 19.9 Å². The second-order valence-electron chi connectivity index (χ2n) is 6.06. The Morgan fingerprint density at radius 3 is 2.07 bits per heavy atom. The molecule has 0 unspecified atom stereocenters. The van der Waals surface area contributed by atoms with E-state index in [-0.39, 0.29) is 23.8 Å². The molecule has 0 aliphatic heterocycles. The molecule has 0 fully saturated rings. The summed E-state index contributed by atoms with van der Waals surface area (Å²) < 4.78 is 44.4. The number of nitrogen functional groups attached to an aromatic ring is 1. The number of hydrogen-bond donors (Lipinski definition) is 2. The van der Waals surface area contributed by atoms with Crippen molar-refractivity contribution in [3.63, 3.8) is 0 Å². The maximum atomic E-state index is 12.9. The van der Waals surface area contributed by atoms with Crippen LogP contribution >= 0.6 is 12.4 Å². The molecule has 0 radical (unpaired) electrons. The fourth-order valence-electron chi connectivity index (χ4n) is 3.03. The van der Waals surface area contributed by atoms with Crippen molar-refractivity contribution >= 4 is 38.9 Å². The minimum atomic E-state index is -3.78. The molecule has 0 bridgehead atoms. The van der Waals surface area contributed by atoms with E-state index in [1.54, 1.807) is 48.5 Å². The highest BCUT2D eigenvalue weighted by molar-refractivity contribution is 7.89. The number of sulfonamides is 1. The number of ether oxygens (including phenoxy) is 3. The van der Waals surface area contributed by atoms with Crippen molar-refractivity contribution in [1.82, 2.24) is 4.72 Å². The molecule has 0 aliphatic rings. The van der Waals surface area contributed by atoms with Crippen molar-refractivity contribution < 1.29 is 22.6 Å². The van der Waals surface area contributed by atoms with Gasteiger partial charge in [0.05, 0.1) is 26.2 Å². The Hall–Kier alpha value is -2.68. The average molecular weight is 439 g/mol. The van der Waals surface area contributed by atoms with E-state index in [2.05, 4.69) is 4.72 Å². The van der Waals surface area contributed by atoms with Gasteiger partial charge in [-0.15, -0.1) is 12.4 Å². The van der Waals surface area contributed by atoms with E-state index in [0.29, 0.717) is 39.3 Å². The predicted molar refractivity (Wildman–Crippen MR) is 116 cm³/mol. The fraction of sp³-hybridized carbons (Fsp3) is 0.200. The van der Waals surface area contributed by atoms with Crippen LogP contribution in [0.25, 0.3) is 10.8 Å². The summed E-state index contributed by atoms with van der Waals surface area (Å²) in [5, 5.41) is 1.26. The first-order valence-corrected chi connectivity index (χ1v) is 9.95.